The Morgan fingerprint density at radius 2 is 1.97 bits per heavy atom. The second kappa shape index (κ2) is 9.55. The van der Waals surface area contributed by atoms with Crippen molar-refractivity contribution >= 4 is 29.0 Å². The van der Waals surface area contributed by atoms with Crippen LogP contribution >= 0.6 is 0 Å². The largest absolute Gasteiger partial charge is 0.365 e. The van der Waals surface area contributed by atoms with Gasteiger partial charge in [-0.15, -0.1) is 0 Å². The molecule has 1 aromatic carbocycles. The van der Waals surface area contributed by atoms with E-state index in [1.165, 1.54) is 6.20 Å². The topological polar surface area (TPSA) is 157 Å². The molecule has 2 aromatic heterocycles. The maximum Gasteiger partial charge on any atom is 0.252 e. The Hall–Kier alpha value is -4.27. The van der Waals surface area contributed by atoms with E-state index in [1.54, 1.807) is 18.3 Å². The predicted octanol–water partition coefficient (Wildman–Crippen LogP) is 3.48. The van der Waals surface area contributed by atoms with Crippen LogP contribution in [0.2, 0.25) is 0 Å². The summed E-state index contributed by atoms with van der Waals surface area (Å²) in [6.45, 7) is 1.15. The van der Waals surface area contributed by atoms with Crippen LogP contribution < -0.4 is 16.4 Å². The number of nitrogens with two attached hydrogens (primary N) is 1. The molecule has 3 heterocycles. The lowest BCUT2D eigenvalue weighted by molar-refractivity contribution is -0.177. The van der Waals surface area contributed by atoms with Crippen LogP contribution in [0, 0.1) is 17.2 Å². The molecule has 0 radical (unpaired) electrons. The first kappa shape index (κ1) is 24.1. The summed E-state index contributed by atoms with van der Waals surface area (Å²) in [6, 6.07) is 9.20. The third-order valence-electron chi connectivity index (χ3n) is 7.33. The minimum absolute atomic E-state index is 0.00211. The van der Waals surface area contributed by atoms with E-state index in [2.05, 4.69) is 26.8 Å². The molecule has 1 spiro atoms. The van der Waals surface area contributed by atoms with E-state index in [9.17, 15) is 14.9 Å². The van der Waals surface area contributed by atoms with E-state index in [-0.39, 0.29) is 23.4 Å². The smallest absolute Gasteiger partial charge is 0.252 e. The van der Waals surface area contributed by atoms with Crippen molar-refractivity contribution in [3.05, 3.63) is 54.0 Å². The number of nitrogens with zero attached hydrogens (tertiary/aromatic N) is 4. The van der Waals surface area contributed by atoms with E-state index < -0.39 is 11.7 Å². The summed E-state index contributed by atoms with van der Waals surface area (Å²) in [5, 5.41) is 20.7. The first-order valence-corrected chi connectivity index (χ1v) is 12.7. The molecule has 194 valence electrons. The van der Waals surface area contributed by atoms with Crippen molar-refractivity contribution in [3.8, 4) is 17.2 Å². The van der Waals surface area contributed by atoms with Gasteiger partial charge in [0.15, 0.2) is 5.79 Å². The van der Waals surface area contributed by atoms with Gasteiger partial charge in [-0.05, 0) is 31.7 Å². The molecule has 3 fully saturated rings. The number of carbonyl (C=O) groups excluding carboxylic acids is 2. The average molecular weight is 514 g/mol. The quantitative estimate of drug-likeness (QED) is 0.433. The summed E-state index contributed by atoms with van der Waals surface area (Å²) in [5.74, 6) is -1.13. The number of aromatic nitrogens is 3. The second-order valence-corrected chi connectivity index (χ2v) is 9.83. The number of pyridine rings is 1. The van der Waals surface area contributed by atoms with Crippen LogP contribution in [0.1, 0.15) is 54.1 Å². The molecule has 3 aromatic rings. The molecule has 11 heteroatoms. The molecular weight excluding hydrogens is 486 g/mol. The lowest BCUT2D eigenvalue weighted by Crippen LogP contribution is -2.36. The van der Waals surface area contributed by atoms with E-state index in [4.69, 9.17) is 15.2 Å². The van der Waals surface area contributed by atoms with Gasteiger partial charge in [0.25, 0.3) is 5.91 Å². The summed E-state index contributed by atoms with van der Waals surface area (Å²) in [7, 11) is 0. The molecule has 2 amide bonds. The number of carbonyl (C=O) groups is 2. The summed E-state index contributed by atoms with van der Waals surface area (Å²) < 4.78 is 13.8. The minimum Gasteiger partial charge on any atom is -0.365 e. The number of ether oxygens (including phenoxy) is 2. The zero-order valence-electron chi connectivity index (χ0n) is 20.6. The van der Waals surface area contributed by atoms with Gasteiger partial charge >= 0.3 is 0 Å². The number of hydrogen-bond donors (Lipinski definition) is 3. The first-order chi connectivity index (χ1) is 18.5. The van der Waals surface area contributed by atoms with Gasteiger partial charge in [-0.3, -0.25) is 14.3 Å². The number of rotatable bonds is 7. The molecule has 6 rings (SSSR count). The molecule has 38 heavy (non-hydrogen) atoms. The Bertz CT molecular complexity index is 1440. The first-order valence-electron chi connectivity index (χ1n) is 12.7. The summed E-state index contributed by atoms with van der Waals surface area (Å²) in [6.07, 6.45) is 9.37. The van der Waals surface area contributed by atoms with Gasteiger partial charge in [0.1, 0.15) is 17.9 Å². The van der Waals surface area contributed by atoms with E-state index in [0.29, 0.717) is 41.5 Å². The maximum absolute atomic E-state index is 12.2. The molecule has 1 saturated heterocycles. The average Bonchev–Trinajstić information content (AvgIpc) is 3.28. The van der Waals surface area contributed by atoms with Crippen molar-refractivity contribution in [1.29, 1.82) is 5.26 Å². The zero-order chi connectivity index (χ0) is 26.3. The number of hydrogen-bond acceptors (Lipinski definition) is 8. The Morgan fingerprint density at radius 3 is 2.71 bits per heavy atom. The summed E-state index contributed by atoms with van der Waals surface area (Å²) in [4.78, 5) is 28.5. The highest BCUT2D eigenvalue weighted by molar-refractivity contribution is 6.01. The van der Waals surface area contributed by atoms with Gasteiger partial charge in [0.2, 0.25) is 5.91 Å². The van der Waals surface area contributed by atoms with E-state index in [0.717, 1.165) is 37.7 Å². The highest BCUT2D eigenvalue weighted by atomic mass is 16.7. The fraction of sp³-hybridized carbons (Fsp3) is 0.370. The molecule has 11 nitrogen and oxygen atoms in total. The highest BCUT2D eigenvalue weighted by Crippen LogP contribution is 2.45. The van der Waals surface area contributed by atoms with Crippen molar-refractivity contribution in [2.24, 2.45) is 11.7 Å². The number of amides is 2. The summed E-state index contributed by atoms with van der Waals surface area (Å²) in [5.41, 5.74) is 8.36. The van der Waals surface area contributed by atoms with Crippen LogP contribution in [0.3, 0.4) is 0 Å². The summed E-state index contributed by atoms with van der Waals surface area (Å²) >= 11 is 0. The third-order valence-corrected chi connectivity index (χ3v) is 7.33. The fourth-order valence-electron chi connectivity index (χ4n) is 5.28. The predicted molar refractivity (Wildman–Crippen MR) is 137 cm³/mol. The van der Waals surface area contributed by atoms with Gasteiger partial charge in [0, 0.05) is 41.9 Å². The number of anilines is 3. The van der Waals surface area contributed by atoms with Crippen LogP contribution in [0.4, 0.5) is 17.2 Å². The molecule has 0 bridgehead atoms. The third kappa shape index (κ3) is 4.38. The Morgan fingerprint density at radius 1 is 1.16 bits per heavy atom. The van der Waals surface area contributed by atoms with Crippen LogP contribution in [-0.2, 0) is 14.3 Å². The molecule has 4 N–H and O–H groups in total. The fourth-order valence-corrected chi connectivity index (χ4v) is 5.28. The second-order valence-electron chi connectivity index (χ2n) is 9.83. The highest BCUT2D eigenvalue weighted by Gasteiger charge is 2.49. The Kier molecular flexibility index (Phi) is 6.06. The van der Waals surface area contributed by atoms with Crippen LogP contribution in [0.5, 0.6) is 0 Å². The lowest BCUT2D eigenvalue weighted by atomic mass is 10.0. The molecule has 0 unspecified atom stereocenters. The molecule has 1 aliphatic heterocycles. The van der Waals surface area contributed by atoms with Gasteiger partial charge < -0.3 is 25.8 Å². The van der Waals surface area contributed by atoms with Crippen molar-refractivity contribution in [2.75, 3.05) is 23.8 Å². The number of benzene rings is 1. The monoisotopic (exact) mass is 513 g/mol. The van der Waals surface area contributed by atoms with Gasteiger partial charge in [-0.25, -0.2) is 4.98 Å². The van der Waals surface area contributed by atoms with E-state index in [1.807, 2.05) is 23.0 Å². The van der Waals surface area contributed by atoms with Gasteiger partial charge in [-0.2, -0.15) is 10.4 Å². The minimum atomic E-state index is -0.683. The standard InChI is InChI=1S/C27H27N7O4/c28-12-19-18(17-13-31-34(15-17)23-5-2-8-27(23)37-9-10-38-27)3-1-4-21(19)32-22-11-24(30-14-20(22)25(29)35)33-26(36)16-6-7-16/h1,3-4,11,13-16,23H,2,5-10H2,(H2,29,35)(H2,30,32,33,36)/t23-/m0/s1. The normalized spacial score (nSPS) is 19.8. The number of primary amides is 1. The molecular formula is C27H27N7O4. The Balaban J connectivity index is 1.31. The molecule has 2 aliphatic carbocycles. The van der Waals surface area contributed by atoms with Crippen molar-refractivity contribution in [2.45, 2.75) is 43.9 Å². The maximum atomic E-state index is 12.2. The molecule has 3 aliphatic rings. The van der Waals surface area contributed by atoms with Crippen molar-refractivity contribution < 1.29 is 19.1 Å². The van der Waals surface area contributed by atoms with Gasteiger partial charge in [0.05, 0.1) is 41.9 Å². The zero-order valence-corrected chi connectivity index (χ0v) is 20.6. The van der Waals surface area contributed by atoms with Gasteiger partial charge in [-0.1, -0.05) is 12.1 Å². The number of nitrogens with one attached hydrogen (secondary N) is 2. The van der Waals surface area contributed by atoms with Crippen molar-refractivity contribution in [3.63, 3.8) is 0 Å². The molecule has 2 saturated carbocycles. The molecule has 1 atom stereocenters. The number of nitriles is 1. The lowest BCUT2D eigenvalue weighted by Gasteiger charge is -2.29. The van der Waals surface area contributed by atoms with Crippen LogP contribution in [0.25, 0.3) is 11.1 Å². The Labute approximate surface area is 218 Å². The van der Waals surface area contributed by atoms with Crippen molar-refractivity contribution in [1.82, 2.24) is 14.8 Å². The SMILES string of the molecule is N#Cc1c(Nc2cc(NC(=O)C3CC3)ncc2C(N)=O)cccc1-c1cnn([C@H]2CCCC23OCCO3)c1. The van der Waals surface area contributed by atoms with E-state index >= 15 is 0 Å². The van der Waals surface area contributed by atoms with Crippen LogP contribution in [-0.4, -0.2) is 45.6 Å². The van der Waals surface area contributed by atoms with Crippen LogP contribution in [0.15, 0.2) is 42.9 Å².